The Bertz CT molecular complexity index is 978. The van der Waals surface area contributed by atoms with Gasteiger partial charge in [-0.3, -0.25) is 14.2 Å². The van der Waals surface area contributed by atoms with Gasteiger partial charge in [-0.25, -0.2) is 8.42 Å². The molecule has 3 rings (SSSR count). The third kappa shape index (κ3) is 4.37. The third-order valence-corrected chi connectivity index (χ3v) is 7.52. The van der Waals surface area contributed by atoms with Gasteiger partial charge in [-0.1, -0.05) is 0 Å². The molecule has 1 aliphatic rings. The highest BCUT2D eigenvalue weighted by molar-refractivity contribution is 7.89. The third-order valence-electron chi connectivity index (χ3n) is 5.56. The Morgan fingerprint density at radius 3 is 2.66 bits per heavy atom. The molecule has 0 aliphatic carbocycles. The lowest BCUT2D eigenvalue weighted by Gasteiger charge is -2.31. The lowest BCUT2D eigenvalue weighted by molar-refractivity contribution is -0.126. The highest BCUT2D eigenvalue weighted by Gasteiger charge is 2.35. The molecule has 0 unspecified atom stereocenters. The highest BCUT2D eigenvalue weighted by atomic mass is 32.2. The molecule has 10 heteroatoms. The fourth-order valence-electron chi connectivity index (χ4n) is 3.73. The van der Waals surface area contributed by atoms with E-state index in [1.54, 1.807) is 24.0 Å². The average molecular weight is 423 g/mol. The van der Waals surface area contributed by atoms with E-state index in [9.17, 15) is 13.2 Å². The maximum Gasteiger partial charge on any atom is 0.246 e. The molecule has 1 saturated heterocycles. The van der Waals surface area contributed by atoms with Crippen LogP contribution in [0.15, 0.2) is 17.3 Å². The maximum absolute atomic E-state index is 13.1. The van der Waals surface area contributed by atoms with E-state index in [1.165, 1.54) is 4.31 Å². The minimum Gasteiger partial charge on any atom is -0.352 e. The van der Waals surface area contributed by atoms with Crippen LogP contribution in [-0.4, -0.2) is 51.3 Å². The molecule has 9 nitrogen and oxygen atoms in total. The lowest BCUT2D eigenvalue weighted by atomic mass is 9.99. The summed E-state index contributed by atoms with van der Waals surface area (Å²) in [6.07, 6.45) is 4.68. The van der Waals surface area contributed by atoms with Gasteiger partial charge in [0.15, 0.2) is 0 Å². The molecule has 0 aromatic carbocycles. The van der Waals surface area contributed by atoms with Gasteiger partial charge in [-0.2, -0.15) is 14.5 Å². The molecular weight excluding hydrogens is 392 g/mol. The fraction of sp³-hybridized carbons (Fsp3) is 0.632. The standard InChI is InChI=1S/C19H30N6O3S/c1-5-23-13-18(14(3)22-23)29(27,28)24-9-7-8-16(12-24)19(26)20-10-17-11-21-25(6-2)15(17)4/h11,13,16H,5-10,12H2,1-4H3,(H,20,26)/t16-/m0/s1. The summed E-state index contributed by atoms with van der Waals surface area (Å²) in [7, 11) is -3.67. The molecule has 2 aromatic rings. The first kappa shape index (κ1) is 21.5. The van der Waals surface area contributed by atoms with Gasteiger partial charge < -0.3 is 5.32 Å². The first-order valence-electron chi connectivity index (χ1n) is 10.1. The van der Waals surface area contributed by atoms with Crippen molar-refractivity contribution in [3.8, 4) is 0 Å². The Morgan fingerprint density at radius 1 is 1.28 bits per heavy atom. The van der Waals surface area contributed by atoms with Gasteiger partial charge in [-0.05, 0) is 40.5 Å². The van der Waals surface area contributed by atoms with Crippen molar-refractivity contribution in [3.63, 3.8) is 0 Å². The number of carbonyl (C=O) groups excluding carboxylic acids is 1. The van der Waals surface area contributed by atoms with Crippen molar-refractivity contribution in [2.45, 2.75) is 65.1 Å². The molecule has 1 amide bonds. The van der Waals surface area contributed by atoms with Gasteiger partial charge in [0.2, 0.25) is 15.9 Å². The van der Waals surface area contributed by atoms with Gasteiger partial charge in [0, 0.05) is 50.2 Å². The number of hydrogen-bond donors (Lipinski definition) is 1. The fourth-order valence-corrected chi connectivity index (χ4v) is 5.43. The van der Waals surface area contributed by atoms with Crippen LogP contribution in [0.2, 0.25) is 0 Å². The molecule has 0 bridgehead atoms. The monoisotopic (exact) mass is 422 g/mol. The van der Waals surface area contributed by atoms with Crippen molar-refractivity contribution in [1.82, 2.24) is 29.2 Å². The van der Waals surface area contributed by atoms with Crippen LogP contribution < -0.4 is 5.32 Å². The van der Waals surface area contributed by atoms with Gasteiger partial charge in [-0.15, -0.1) is 0 Å². The summed E-state index contributed by atoms with van der Waals surface area (Å²) in [5, 5.41) is 11.5. The number of aromatic nitrogens is 4. The van der Waals surface area contributed by atoms with Crippen LogP contribution in [0.1, 0.15) is 43.6 Å². The quantitative estimate of drug-likeness (QED) is 0.728. The van der Waals surface area contributed by atoms with Crippen molar-refractivity contribution in [3.05, 3.63) is 29.3 Å². The summed E-state index contributed by atoms with van der Waals surface area (Å²) in [4.78, 5) is 12.9. The Balaban J connectivity index is 1.67. The number of carbonyl (C=O) groups is 1. The topological polar surface area (TPSA) is 102 Å². The van der Waals surface area contributed by atoms with Gasteiger partial charge >= 0.3 is 0 Å². The normalized spacial score (nSPS) is 18.1. The lowest BCUT2D eigenvalue weighted by Crippen LogP contribution is -2.45. The van der Waals surface area contributed by atoms with E-state index in [-0.39, 0.29) is 23.3 Å². The molecule has 1 atom stereocenters. The number of aryl methyl sites for hydroxylation is 3. The summed E-state index contributed by atoms with van der Waals surface area (Å²) in [5.41, 5.74) is 2.49. The van der Waals surface area contributed by atoms with Crippen molar-refractivity contribution in [1.29, 1.82) is 0 Å². The Kier molecular flexibility index (Phi) is 6.42. The van der Waals surface area contributed by atoms with E-state index in [4.69, 9.17) is 0 Å². The first-order chi connectivity index (χ1) is 13.8. The number of sulfonamides is 1. The number of nitrogens with one attached hydrogen (secondary N) is 1. The molecule has 0 spiro atoms. The second-order valence-electron chi connectivity index (χ2n) is 7.43. The summed E-state index contributed by atoms with van der Waals surface area (Å²) < 4.78 is 31.1. The molecule has 2 aromatic heterocycles. The molecule has 29 heavy (non-hydrogen) atoms. The predicted molar refractivity (Wildman–Crippen MR) is 109 cm³/mol. The second kappa shape index (κ2) is 8.66. The molecule has 0 radical (unpaired) electrons. The van der Waals surface area contributed by atoms with Crippen LogP contribution in [0.5, 0.6) is 0 Å². The molecule has 0 saturated carbocycles. The zero-order valence-corrected chi connectivity index (χ0v) is 18.4. The van der Waals surface area contributed by atoms with Crippen molar-refractivity contribution >= 4 is 15.9 Å². The van der Waals surface area contributed by atoms with E-state index in [1.807, 2.05) is 25.5 Å². The maximum atomic E-state index is 13.1. The molecule has 1 aliphatic heterocycles. The molecular formula is C19H30N6O3S. The smallest absolute Gasteiger partial charge is 0.246 e. The summed E-state index contributed by atoms with van der Waals surface area (Å²) in [6.45, 7) is 10.0. The zero-order valence-electron chi connectivity index (χ0n) is 17.6. The van der Waals surface area contributed by atoms with Gasteiger partial charge in [0.05, 0.1) is 17.8 Å². The summed E-state index contributed by atoms with van der Waals surface area (Å²) in [5.74, 6) is -0.476. The Morgan fingerprint density at radius 2 is 2.03 bits per heavy atom. The first-order valence-corrected chi connectivity index (χ1v) is 11.5. The number of amides is 1. The molecule has 1 fully saturated rings. The van der Waals surface area contributed by atoms with E-state index >= 15 is 0 Å². The van der Waals surface area contributed by atoms with Crippen LogP contribution in [-0.2, 0) is 34.5 Å². The Hall–Kier alpha value is -2.20. The van der Waals surface area contributed by atoms with Crippen LogP contribution >= 0.6 is 0 Å². The second-order valence-corrected chi connectivity index (χ2v) is 9.33. The van der Waals surface area contributed by atoms with Crippen LogP contribution in [0.25, 0.3) is 0 Å². The van der Waals surface area contributed by atoms with Crippen LogP contribution in [0.3, 0.4) is 0 Å². The van der Waals surface area contributed by atoms with Crippen molar-refractivity contribution < 1.29 is 13.2 Å². The number of nitrogens with zero attached hydrogens (tertiary/aromatic N) is 5. The average Bonchev–Trinajstić information content (AvgIpc) is 3.28. The van der Waals surface area contributed by atoms with E-state index < -0.39 is 10.0 Å². The van der Waals surface area contributed by atoms with Crippen molar-refractivity contribution in [2.75, 3.05) is 13.1 Å². The number of hydrogen-bond acceptors (Lipinski definition) is 5. The number of rotatable bonds is 7. The van der Waals surface area contributed by atoms with E-state index in [2.05, 4.69) is 15.5 Å². The minimum absolute atomic E-state index is 0.116. The van der Waals surface area contributed by atoms with Crippen LogP contribution in [0.4, 0.5) is 0 Å². The van der Waals surface area contributed by atoms with E-state index in [0.29, 0.717) is 38.2 Å². The molecule has 3 heterocycles. The largest absolute Gasteiger partial charge is 0.352 e. The highest BCUT2D eigenvalue weighted by Crippen LogP contribution is 2.25. The van der Waals surface area contributed by atoms with Crippen LogP contribution in [0, 0.1) is 19.8 Å². The minimum atomic E-state index is -3.67. The van der Waals surface area contributed by atoms with Gasteiger partial charge in [0.25, 0.3) is 0 Å². The van der Waals surface area contributed by atoms with Gasteiger partial charge in [0.1, 0.15) is 4.90 Å². The predicted octanol–water partition coefficient (Wildman–Crippen LogP) is 1.45. The zero-order chi connectivity index (χ0) is 21.2. The SMILES string of the molecule is CCn1cc(S(=O)(=O)N2CCC[C@H](C(=O)NCc3cnn(CC)c3C)C2)c(C)n1. The molecule has 160 valence electrons. The Labute approximate surface area is 172 Å². The number of piperidine rings is 1. The summed E-state index contributed by atoms with van der Waals surface area (Å²) in [6, 6.07) is 0. The summed E-state index contributed by atoms with van der Waals surface area (Å²) >= 11 is 0. The van der Waals surface area contributed by atoms with E-state index in [0.717, 1.165) is 17.8 Å². The van der Waals surface area contributed by atoms with Crippen molar-refractivity contribution in [2.24, 2.45) is 5.92 Å². The molecule has 1 N–H and O–H groups in total.